The van der Waals surface area contributed by atoms with Gasteiger partial charge in [-0.1, -0.05) is 0 Å². The lowest BCUT2D eigenvalue weighted by Crippen LogP contribution is -2.38. The van der Waals surface area contributed by atoms with Crippen molar-refractivity contribution in [1.29, 1.82) is 0 Å². The maximum atomic E-state index is 12.3. The van der Waals surface area contributed by atoms with Gasteiger partial charge in [-0.25, -0.2) is 13.1 Å². The van der Waals surface area contributed by atoms with Gasteiger partial charge >= 0.3 is 0 Å². The molecule has 0 saturated heterocycles. The Hall–Kier alpha value is -1.44. The van der Waals surface area contributed by atoms with E-state index in [2.05, 4.69) is 10.0 Å². The molecule has 6 nitrogen and oxygen atoms in total. The molecule has 1 aromatic rings. The highest BCUT2D eigenvalue weighted by Gasteiger charge is 2.31. The third-order valence-electron chi connectivity index (χ3n) is 4.19. The molecular formula is C14H19N3O3S. The Labute approximate surface area is 124 Å². The lowest BCUT2D eigenvalue weighted by atomic mass is 10.0. The van der Waals surface area contributed by atoms with E-state index in [1.54, 1.807) is 19.1 Å². The number of sulfonamides is 1. The fraction of sp³-hybridized carbons (Fsp3) is 0.500. The molecule has 7 heteroatoms. The molecule has 1 saturated carbocycles. The monoisotopic (exact) mass is 309 g/mol. The summed E-state index contributed by atoms with van der Waals surface area (Å²) in [4.78, 5) is 11.8. The van der Waals surface area contributed by atoms with Crippen LogP contribution in [0.2, 0.25) is 0 Å². The molecule has 0 radical (unpaired) electrons. The fourth-order valence-corrected chi connectivity index (χ4v) is 3.65. The van der Waals surface area contributed by atoms with E-state index >= 15 is 0 Å². The molecule has 21 heavy (non-hydrogen) atoms. The van der Waals surface area contributed by atoms with Crippen molar-refractivity contribution in [3.63, 3.8) is 0 Å². The maximum Gasteiger partial charge on any atom is 0.240 e. The van der Waals surface area contributed by atoms with E-state index in [-0.39, 0.29) is 29.3 Å². The second kappa shape index (κ2) is 5.08. The van der Waals surface area contributed by atoms with E-state index in [1.807, 2.05) is 0 Å². The number of carbonyl (C=O) groups is 1. The largest absolute Gasteiger partial charge is 0.326 e. The van der Waals surface area contributed by atoms with E-state index in [9.17, 15) is 13.2 Å². The zero-order valence-corrected chi connectivity index (χ0v) is 12.6. The first-order chi connectivity index (χ1) is 9.88. The van der Waals surface area contributed by atoms with E-state index in [4.69, 9.17) is 5.73 Å². The summed E-state index contributed by atoms with van der Waals surface area (Å²) in [5.74, 6) is 0.00157. The van der Waals surface area contributed by atoms with Crippen LogP contribution in [-0.4, -0.2) is 26.9 Å². The lowest BCUT2D eigenvalue weighted by Gasteiger charge is -2.13. The topological polar surface area (TPSA) is 101 Å². The first kappa shape index (κ1) is 14.5. The van der Waals surface area contributed by atoms with Crippen LogP contribution < -0.4 is 15.8 Å². The van der Waals surface area contributed by atoms with Crippen LogP contribution in [0.1, 0.15) is 31.2 Å². The van der Waals surface area contributed by atoms with Crippen molar-refractivity contribution in [2.45, 2.75) is 36.6 Å². The number of rotatable bonds is 5. The van der Waals surface area contributed by atoms with Gasteiger partial charge in [0.2, 0.25) is 15.9 Å². The van der Waals surface area contributed by atoms with Crippen molar-refractivity contribution >= 4 is 21.6 Å². The first-order valence-corrected chi connectivity index (χ1v) is 8.57. The summed E-state index contributed by atoms with van der Waals surface area (Å²) in [7, 11) is -3.59. The number of benzene rings is 1. The van der Waals surface area contributed by atoms with Crippen molar-refractivity contribution in [2.75, 3.05) is 11.9 Å². The Bertz CT molecular complexity index is 683. The SMILES string of the molecule is CC1C(=O)Nc2ccc(S(=O)(=O)NCC(N)C3CC3)cc21. The standard InChI is InChI=1S/C14H19N3O3S/c1-8-11-6-10(4-5-13(11)17-14(8)18)21(19,20)16-7-12(15)9-2-3-9/h4-6,8-9,12,16H,2-3,7,15H2,1H3,(H,17,18). The fourth-order valence-electron chi connectivity index (χ4n) is 2.54. The normalized spacial score (nSPS) is 22.8. The van der Waals surface area contributed by atoms with Crippen molar-refractivity contribution < 1.29 is 13.2 Å². The molecule has 0 spiro atoms. The molecule has 0 aromatic heterocycles. The smallest absolute Gasteiger partial charge is 0.240 e. The molecule has 1 aliphatic carbocycles. The van der Waals surface area contributed by atoms with Gasteiger partial charge in [-0.2, -0.15) is 0 Å². The van der Waals surface area contributed by atoms with Crippen LogP contribution in [0, 0.1) is 5.92 Å². The number of fused-ring (bicyclic) bond motifs is 1. The summed E-state index contributed by atoms with van der Waals surface area (Å²) >= 11 is 0. The Morgan fingerprint density at radius 1 is 1.43 bits per heavy atom. The number of hydrogen-bond donors (Lipinski definition) is 3. The molecule has 1 aliphatic heterocycles. The van der Waals surface area contributed by atoms with Gasteiger partial charge in [-0.3, -0.25) is 4.79 Å². The Kier molecular flexibility index (Phi) is 3.51. The van der Waals surface area contributed by atoms with Gasteiger partial charge in [0, 0.05) is 18.3 Å². The van der Waals surface area contributed by atoms with Crippen LogP contribution in [0.5, 0.6) is 0 Å². The van der Waals surface area contributed by atoms with Crippen molar-refractivity contribution in [3.8, 4) is 0 Å². The summed E-state index contributed by atoms with van der Waals surface area (Å²) in [6, 6.07) is 4.56. The Morgan fingerprint density at radius 3 is 2.81 bits per heavy atom. The zero-order chi connectivity index (χ0) is 15.2. The number of nitrogens with one attached hydrogen (secondary N) is 2. The Morgan fingerprint density at radius 2 is 2.14 bits per heavy atom. The van der Waals surface area contributed by atoms with Gasteiger partial charge in [0.25, 0.3) is 0 Å². The highest BCUT2D eigenvalue weighted by atomic mass is 32.2. The minimum absolute atomic E-state index is 0.108. The zero-order valence-electron chi connectivity index (χ0n) is 11.8. The molecular weight excluding hydrogens is 290 g/mol. The van der Waals surface area contributed by atoms with Gasteiger partial charge < -0.3 is 11.1 Å². The van der Waals surface area contributed by atoms with Gasteiger partial charge in [-0.05, 0) is 49.4 Å². The lowest BCUT2D eigenvalue weighted by molar-refractivity contribution is -0.116. The van der Waals surface area contributed by atoms with Crippen LogP contribution in [0.4, 0.5) is 5.69 Å². The molecule has 4 N–H and O–H groups in total. The predicted octanol–water partition coefficient (Wildman–Crippen LogP) is 0.758. The predicted molar refractivity (Wildman–Crippen MR) is 79.4 cm³/mol. The average molecular weight is 309 g/mol. The number of anilines is 1. The third kappa shape index (κ3) is 2.81. The summed E-state index contributed by atoms with van der Waals surface area (Å²) < 4.78 is 27.1. The molecule has 2 aliphatic rings. The third-order valence-corrected chi connectivity index (χ3v) is 5.61. The second-order valence-corrected chi connectivity index (χ2v) is 7.58. The van der Waals surface area contributed by atoms with Gasteiger partial charge in [0.05, 0.1) is 10.8 Å². The van der Waals surface area contributed by atoms with Crippen LogP contribution >= 0.6 is 0 Å². The molecule has 3 rings (SSSR count). The Balaban J connectivity index is 1.78. The number of carbonyl (C=O) groups excluding carboxylic acids is 1. The van der Waals surface area contributed by atoms with E-state index < -0.39 is 10.0 Å². The number of nitrogens with two attached hydrogens (primary N) is 1. The molecule has 2 atom stereocenters. The number of amides is 1. The minimum atomic E-state index is -3.59. The quantitative estimate of drug-likeness (QED) is 0.747. The van der Waals surface area contributed by atoms with Crippen molar-refractivity contribution in [3.05, 3.63) is 23.8 Å². The first-order valence-electron chi connectivity index (χ1n) is 7.08. The second-order valence-electron chi connectivity index (χ2n) is 5.81. The molecule has 1 aromatic carbocycles. The van der Waals surface area contributed by atoms with Gasteiger partial charge in [-0.15, -0.1) is 0 Å². The van der Waals surface area contributed by atoms with Gasteiger partial charge in [0.15, 0.2) is 0 Å². The molecule has 2 unspecified atom stereocenters. The number of hydrogen-bond acceptors (Lipinski definition) is 4. The van der Waals surface area contributed by atoms with Crippen molar-refractivity contribution in [1.82, 2.24) is 4.72 Å². The minimum Gasteiger partial charge on any atom is -0.326 e. The van der Waals surface area contributed by atoms with Crippen molar-refractivity contribution in [2.24, 2.45) is 11.7 Å². The van der Waals surface area contributed by atoms with E-state index in [0.717, 1.165) is 18.4 Å². The molecule has 0 bridgehead atoms. The molecule has 114 valence electrons. The summed E-state index contributed by atoms with van der Waals surface area (Å²) in [5.41, 5.74) is 7.31. The highest BCUT2D eigenvalue weighted by molar-refractivity contribution is 7.89. The summed E-state index contributed by atoms with van der Waals surface area (Å²) in [5, 5.41) is 2.73. The van der Waals surface area contributed by atoms with Crippen LogP contribution in [0.15, 0.2) is 23.1 Å². The molecule has 1 amide bonds. The average Bonchev–Trinajstić information content (AvgIpc) is 3.25. The van der Waals surface area contributed by atoms with E-state index in [1.165, 1.54) is 6.07 Å². The van der Waals surface area contributed by atoms with Crippen LogP contribution in [0.3, 0.4) is 0 Å². The molecule has 1 heterocycles. The molecule has 1 fully saturated rings. The van der Waals surface area contributed by atoms with Crippen LogP contribution in [0.25, 0.3) is 0 Å². The summed E-state index contributed by atoms with van der Waals surface area (Å²) in [6.07, 6.45) is 2.15. The van der Waals surface area contributed by atoms with E-state index in [0.29, 0.717) is 11.6 Å². The van der Waals surface area contributed by atoms with Crippen LogP contribution in [-0.2, 0) is 14.8 Å². The maximum absolute atomic E-state index is 12.3. The summed E-state index contributed by atoms with van der Waals surface area (Å²) in [6.45, 7) is 2.00. The van der Waals surface area contributed by atoms with Gasteiger partial charge in [0.1, 0.15) is 0 Å². The highest BCUT2D eigenvalue weighted by Crippen LogP contribution is 2.34.